The molecular weight excluding hydrogens is 382 g/mol. The summed E-state index contributed by atoms with van der Waals surface area (Å²) in [5.41, 5.74) is 5.07. The number of H-pyrrole nitrogens is 1. The number of benzene rings is 2. The molecule has 3 aromatic heterocycles. The van der Waals surface area contributed by atoms with Crippen LogP contribution >= 0.6 is 0 Å². The summed E-state index contributed by atoms with van der Waals surface area (Å²) in [7, 11) is 0. The van der Waals surface area contributed by atoms with Crippen LogP contribution in [0.5, 0.6) is 5.75 Å². The number of hydrogen-bond acceptors (Lipinski definition) is 3. The first-order chi connectivity index (χ1) is 15.0. The number of phenolic OH excluding ortho intramolecular Hbond substituents is 1. The maximum atomic E-state index is 10.5. The molecule has 4 heteroatoms. The van der Waals surface area contributed by atoms with E-state index < -0.39 is 0 Å². The summed E-state index contributed by atoms with van der Waals surface area (Å²) in [6, 6.07) is 27.7. The van der Waals surface area contributed by atoms with E-state index in [-0.39, 0.29) is 11.2 Å². The van der Waals surface area contributed by atoms with Crippen molar-refractivity contribution in [1.82, 2.24) is 15.0 Å². The summed E-state index contributed by atoms with van der Waals surface area (Å²) in [6.07, 6.45) is 1.82. The fraction of sp³-hybridized carbons (Fsp3) is 0.111. The molecule has 2 aromatic carbocycles. The van der Waals surface area contributed by atoms with Gasteiger partial charge in [-0.25, -0.2) is 4.98 Å². The van der Waals surface area contributed by atoms with Gasteiger partial charge in [0, 0.05) is 28.3 Å². The van der Waals surface area contributed by atoms with Crippen LogP contribution in [0.2, 0.25) is 0 Å². The molecule has 0 spiro atoms. The third kappa shape index (κ3) is 3.36. The molecule has 0 aliphatic carbocycles. The second-order valence-corrected chi connectivity index (χ2v) is 8.22. The first-order valence-electron chi connectivity index (χ1n) is 10.3. The highest BCUT2D eigenvalue weighted by molar-refractivity contribution is 5.97. The van der Waals surface area contributed by atoms with Gasteiger partial charge in [-0.15, -0.1) is 0 Å². The number of nitrogens with zero attached hydrogens (tertiary/aromatic N) is 2. The molecule has 0 atom stereocenters. The molecule has 152 valence electrons. The van der Waals surface area contributed by atoms with Gasteiger partial charge in [-0.2, -0.15) is 0 Å². The number of phenols is 1. The van der Waals surface area contributed by atoms with Crippen molar-refractivity contribution in [2.45, 2.75) is 19.3 Å². The minimum atomic E-state index is -0.267. The summed E-state index contributed by atoms with van der Waals surface area (Å²) in [6.45, 7) is 4.32. The van der Waals surface area contributed by atoms with Crippen LogP contribution in [0.3, 0.4) is 0 Å². The van der Waals surface area contributed by atoms with Crippen LogP contribution in [-0.2, 0) is 5.41 Å². The van der Waals surface area contributed by atoms with Crippen molar-refractivity contribution >= 4 is 10.8 Å². The number of aromatic hydroxyl groups is 1. The van der Waals surface area contributed by atoms with Gasteiger partial charge < -0.3 is 10.1 Å². The van der Waals surface area contributed by atoms with Gasteiger partial charge in [0.2, 0.25) is 0 Å². The zero-order chi connectivity index (χ0) is 21.4. The van der Waals surface area contributed by atoms with Crippen molar-refractivity contribution in [3.8, 4) is 28.4 Å². The van der Waals surface area contributed by atoms with Gasteiger partial charge in [-0.05, 0) is 61.7 Å². The number of rotatable bonds is 4. The summed E-state index contributed by atoms with van der Waals surface area (Å²) in [5, 5.41) is 12.5. The Hall–Kier alpha value is -3.92. The lowest BCUT2D eigenvalue weighted by atomic mass is 9.85. The molecule has 0 aliphatic heterocycles. The quantitative estimate of drug-likeness (QED) is 0.368. The maximum absolute atomic E-state index is 10.5. The van der Waals surface area contributed by atoms with Gasteiger partial charge in [0.25, 0.3) is 0 Å². The van der Waals surface area contributed by atoms with Crippen molar-refractivity contribution < 1.29 is 5.11 Å². The van der Waals surface area contributed by atoms with Gasteiger partial charge in [-0.3, -0.25) is 4.98 Å². The Kier molecular flexibility index (Phi) is 4.55. The van der Waals surface area contributed by atoms with Crippen LogP contribution in [-0.4, -0.2) is 20.1 Å². The number of aromatic amines is 1. The normalized spacial score (nSPS) is 11.7. The topological polar surface area (TPSA) is 61.8 Å². The second kappa shape index (κ2) is 7.40. The third-order valence-corrected chi connectivity index (χ3v) is 5.84. The Morgan fingerprint density at radius 3 is 2.42 bits per heavy atom. The van der Waals surface area contributed by atoms with Crippen LogP contribution in [0.4, 0.5) is 0 Å². The molecule has 3 heterocycles. The third-order valence-electron chi connectivity index (χ3n) is 5.84. The number of hydrogen-bond donors (Lipinski definition) is 2. The molecule has 0 saturated carbocycles. The van der Waals surface area contributed by atoms with Crippen molar-refractivity contribution in [1.29, 1.82) is 0 Å². The number of pyridine rings is 2. The van der Waals surface area contributed by atoms with E-state index in [2.05, 4.69) is 48.1 Å². The molecule has 0 unspecified atom stereocenters. The predicted molar refractivity (Wildman–Crippen MR) is 125 cm³/mol. The molecule has 5 rings (SSSR count). The van der Waals surface area contributed by atoms with Gasteiger partial charge in [0.05, 0.1) is 22.8 Å². The van der Waals surface area contributed by atoms with E-state index in [1.807, 2.05) is 60.8 Å². The molecule has 4 nitrogen and oxygen atoms in total. The van der Waals surface area contributed by atoms with Crippen LogP contribution < -0.4 is 0 Å². The van der Waals surface area contributed by atoms with Crippen LogP contribution in [0.25, 0.3) is 33.4 Å². The zero-order valence-electron chi connectivity index (χ0n) is 17.5. The predicted octanol–water partition coefficient (Wildman–Crippen LogP) is 6.32. The lowest BCUT2D eigenvalue weighted by molar-refractivity contribution is 0.477. The number of fused-ring (bicyclic) bond motifs is 1. The highest BCUT2D eigenvalue weighted by Crippen LogP contribution is 2.36. The van der Waals surface area contributed by atoms with Crippen molar-refractivity contribution in [3.05, 3.63) is 103 Å². The van der Waals surface area contributed by atoms with Gasteiger partial charge in [0.15, 0.2) is 0 Å². The average Bonchev–Trinajstić information content (AvgIpc) is 3.31. The van der Waals surface area contributed by atoms with Crippen LogP contribution in [0, 0.1) is 0 Å². The van der Waals surface area contributed by atoms with E-state index in [0.29, 0.717) is 0 Å². The summed E-state index contributed by atoms with van der Waals surface area (Å²) < 4.78 is 0. The number of aromatic nitrogens is 3. The largest absolute Gasteiger partial charge is 0.507 e. The number of nitrogens with one attached hydrogen (secondary N) is 1. The zero-order valence-corrected chi connectivity index (χ0v) is 17.5. The van der Waals surface area contributed by atoms with Crippen molar-refractivity contribution in [2.75, 3.05) is 0 Å². The molecule has 5 aromatic rings. The minimum Gasteiger partial charge on any atom is -0.507 e. The molecule has 0 amide bonds. The fourth-order valence-corrected chi connectivity index (χ4v) is 4.00. The highest BCUT2D eigenvalue weighted by atomic mass is 16.3. The minimum absolute atomic E-state index is 0.223. The Morgan fingerprint density at radius 1 is 0.839 bits per heavy atom. The van der Waals surface area contributed by atoms with Crippen molar-refractivity contribution in [2.24, 2.45) is 0 Å². The van der Waals surface area contributed by atoms with E-state index in [9.17, 15) is 5.11 Å². The fourth-order valence-electron chi connectivity index (χ4n) is 4.00. The van der Waals surface area contributed by atoms with E-state index in [4.69, 9.17) is 4.98 Å². The van der Waals surface area contributed by atoms with Crippen LogP contribution in [0.15, 0.2) is 91.1 Å². The lowest BCUT2D eigenvalue weighted by Crippen LogP contribution is -2.20. The van der Waals surface area contributed by atoms with E-state index in [1.165, 1.54) is 0 Å². The smallest absolute Gasteiger partial charge is 0.124 e. The van der Waals surface area contributed by atoms with Gasteiger partial charge >= 0.3 is 0 Å². The Bertz CT molecular complexity index is 1370. The second-order valence-electron chi connectivity index (χ2n) is 8.22. The Balaban J connectivity index is 1.65. The van der Waals surface area contributed by atoms with E-state index >= 15 is 0 Å². The molecule has 0 fully saturated rings. The van der Waals surface area contributed by atoms with Crippen LogP contribution in [0.1, 0.15) is 25.2 Å². The first-order valence-corrected chi connectivity index (χ1v) is 10.3. The molecule has 2 N–H and O–H groups in total. The SMILES string of the molecule is CC(C)(c1ccccn1)c1ccc(-c2cc3ccccc3c(-c3ccccc3O)n2)[nH]1. The number of para-hydroxylation sites is 1. The van der Waals surface area contributed by atoms with Gasteiger partial charge in [-0.1, -0.05) is 42.5 Å². The summed E-state index contributed by atoms with van der Waals surface area (Å²) >= 11 is 0. The standard InChI is InChI=1S/C27H23N3O/c1-27(2,24-13-7-8-16-28-24)25-15-14-21(29-25)22-17-18-9-3-4-10-19(18)26(30-22)20-11-5-6-12-23(20)31/h3-17,29,31H,1-2H3. The lowest BCUT2D eigenvalue weighted by Gasteiger charge is -2.22. The molecule has 0 bridgehead atoms. The summed E-state index contributed by atoms with van der Waals surface area (Å²) in [5.74, 6) is 0.223. The molecular formula is C27H23N3O. The van der Waals surface area contributed by atoms with Crippen molar-refractivity contribution in [3.63, 3.8) is 0 Å². The molecule has 31 heavy (non-hydrogen) atoms. The highest BCUT2D eigenvalue weighted by Gasteiger charge is 2.26. The Morgan fingerprint density at radius 2 is 1.61 bits per heavy atom. The van der Waals surface area contributed by atoms with E-state index in [0.717, 1.165) is 44.8 Å². The monoisotopic (exact) mass is 405 g/mol. The summed E-state index contributed by atoms with van der Waals surface area (Å²) in [4.78, 5) is 13.1. The Labute approximate surface area is 181 Å². The first kappa shape index (κ1) is 19.1. The van der Waals surface area contributed by atoms with E-state index in [1.54, 1.807) is 6.07 Å². The molecule has 0 aliphatic rings. The van der Waals surface area contributed by atoms with Gasteiger partial charge in [0.1, 0.15) is 5.75 Å². The average molecular weight is 406 g/mol. The molecule has 0 saturated heterocycles. The maximum Gasteiger partial charge on any atom is 0.124 e. The molecule has 0 radical (unpaired) electrons.